The first-order chi connectivity index (χ1) is 13.5. The Balaban J connectivity index is 2.10. The Hall–Kier alpha value is -3.00. The Labute approximate surface area is 164 Å². The number of para-hydroxylation sites is 1. The monoisotopic (exact) mass is 402 g/mol. The van der Waals surface area contributed by atoms with E-state index in [0.717, 1.165) is 11.3 Å². The zero-order valence-corrected chi connectivity index (χ0v) is 16.3. The van der Waals surface area contributed by atoms with Crippen molar-refractivity contribution in [2.45, 2.75) is 20.4 Å². The SMILES string of the molecule is CCOC(=O)Cn1c(=NC(=O)c2ccccc2OCC)sc2cc(F)ccc21. The van der Waals surface area contributed by atoms with Crippen LogP contribution in [0.2, 0.25) is 0 Å². The van der Waals surface area contributed by atoms with Crippen LogP contribution >= 0.6 is 11.3 Å². The zero-order chi connectivity index (χ0) is 20.1. The van der Waals surface area contributed by atoms with Gasteiger partial charge < -0.3 is 14.0 Å². The average molecular weight is 402 g/mol. The summed E-state index contributed by atoms with van der Waals surface area (Å²) >= 11 is 1.13. The van der Waals surface area contributed by atoms with Crippen molar-refractivity contribution in [2.24, 2.45) is 4.99 Å². The van der Waals surface area contributed by atoms with Gasteiger partial charge in [0.2, 0.25) is 0 Å². The molecule has 0 aliphatic carbocycles. The van der Waals surface area contributed by atoms with E-state index in [1.54, 1.807) is 41.8 Å². The lowest BCUT2D eigenvalue weighted by Gasteiger charge is -2.07. The largest absolute Gasteiger partial charge is 0.493 e. The lowest BCUT2D eigenvalue weighted by Crippen LogP contribution is -2.23. The topological polar surface area (TPSA) is 69.9 Å². The number of hydrogen-bond donors (Lipinski definition) is 0. The second-order valence-corrected chi connectivity index (χ2v) is 6.74. The van der Waals surface area contributed by atoms with E-state index in [-0.39, 0.29) is 18.0 Å². The quantitative estimate of drug-likeness (QED) is 0.592. The number of ether oxygens (including phenoxy) is 2. The summed E-state index contributed by atoms with van der Waals surface area (Å²) in [7, 11) is 0. The van der Waals surface area contributed by atoms with Gasteiger partial charge in [0.05, 0.1) is 29.0 Å². The van der Waals surface area contributed by atoms with Crippen LogP contribution in [0, 0.1) is 5.82 Å². The fourth-order valence-corrected chi connectivity index (χ4v) is 3.75. The number of rotatable bonds is 6. The number of nitrogens with zero attached hydrogens (tertiary/aromatic N) is 2. The maximum atomic E-state index is 13.6. The van der Waals surface area contributed by atoms with Gasteiger partial charge in [0.15, 0.2) is 4.80 Å². The molecule has 0 spiro atoms. The van der Waals surface area contributed by atoms with Crippen molar-refractivity contribution in [2.75, 3.05) is 13.2 Å². The molecular formula is C20H19FN2O4S. The molecule has 0 N–H and O–H groups in total. The van der Waals surface area contributed by atoms with E-state index >= 15 is 0 Å². The van der Waals surface area contributed by atoms with Crippen LogP contribution in [0.15, 0.2) is 47.5 Å². The molecule has 0 unspecified atom stereocenters. The Morgan fingerprint density at radius 3 is 2.68 bits per heavy atom. The summed E-state index contributed by atoms with van der Waals surface area (Å²) in [6, 6.07) is 11.0. The summed E-state index contributed by atoms with van der Waals surface area (Å²) in [6.45, 7) is 4.06. The molecule has 0 fully saturated rings. The minimum absolute atomic E-state index is 0.126. The molecule has 1 amide bonds. The van der Waals surface area contributed by atoms with Gasteiger partial charge >= 0.3 is 5.97 Å². The number of thiazole rings is 1. The molecule has 3 aromatic rings. The van der Waals surface area contributed by atoms with Crippen molar-refractivity contribution in [3.63, 3.8) is 0 Å². The summed E-state index contributed by atoms with van der Waals surface area (Å²) in [4.78, 5) is 29.2. The van der Waals surface area contributed by atoms with Gasteiger partial charge in [-0.15, -0.1) is 0 Å². The van der Waals surface area contributed by atoms with Crippen molar-refractivity contribution in [3.05, 3.63) is 58.6 Å². The molecule has 3 rings (SSSR count). The number of halogens is 1. The summed E-state index contributed by atoms with van der Waals surface area (Å²) in [5.41, 5.74) is 0.916. The predicted octanol–water partition coefficient (Wildman–Crippen LogP) is 3.54. The lowest BCUT2D eigenvalue weighted by molar-refractivity contribution is -0.143. The molecule has 6 nitrogen and oxygen atoms in total. The molecule has 146 valence electrons. The highest BCUT2D eigenvalue weighted by Gasteiger charge is 2.15. The minimum atomic E-state index is -0.506. The number of carbonyl (C=O) groups is 2. The maximum Gasteiger partial charge on any atom is 0.326 e. The van der Waals surface area contributed by atoms with E-state index in [0.29, 0.717) is 28.1 Å². The van der Waals surface area contributed by atoms with E-state index in [9.17, 15) is 14.0 Å². The summed E-state index contributed by atoms with van der Waals surface area (Å²) in [6.07, 6.45) is 0. The zero-order valence-electron chi connectivity index (χ0n) is 15.5. The van der Waals surface area contributed by atoms with Crippen LogP contribution in [-0.2, 0) is 16.1 Å². The van der Waals surface area contributed by atoms with Crippen LogP contribution in [-0.4, -0.2) is 29.7 Å². The van der Waals surface area contributed by atoms with Gasteiger partial charge in [-0.3, -0.25) is 9.59 Å². The van der Waals surface area contributed by atoms with E-state index in [1.165, 1.54) is 12.1 Å². The molecule has 8 heteroatoms. The first-order valence-corrected chi connectivity index (χ1v) is 9.60. The summed E-state index contributed by atoms with van der Waals surface area (Å²) in [5, 5.41) is 0. The molecule has 2 aromatic carbocycles. The fourth-order valence-electron chi connectivity index (χ4n) is 2.69. The van der Waals surface area contributed by atoms with Gasteiger partial charge in [0, 0.05) is 0 Å². The molecule has 28 heavy (non-hydrogen) atoms. The standard InChI is InChI=1S/C20H19FN2O4S/c1-3-26-16-8-6-5-7-14(16)19(25)22-20-23(12-18(24)27-4-2)15-10-9-13(21)11-17(15)28-20/h5-11H,3-4,12H2,1-2H3. The second-order valence-electron chi connectivity index (χ2n) is 5.73. The minimum Gasteiger partial charge on any atom is -0.493 e. The molecule has 0 radical (unpaired) electrons. The van der Waals surface area contributed by atoms with Crippen LogP contribution in [0.5, 0.6) is 5.75 Å². The molecule has 1 heterocycles. The van der Waals surface area contributed by atoms with Crippen LogP contribution in [0.4, 0.5) is 4.39 Å². The molecule has 0 saturated heterocycles. The van der Waals surface area contributed by atoms with Crippen LogP contribution < -0.4 is 9.54 Å². The maximum absolute atomic E-state index is 13.6. The highest BCUT2D eigenvalue weighted by Crippen LogP contribution is 2.21. The van der Waals surface area contributed by atoms with Gasteiger partial charge in [-0.05, 0) is 44.2 Å². The van der Waals surface area contributed by atoms with Crippen molar-refractivity contribution in [1.82, 2.24) is 4.57 Å². The highest BCUT2D eigenvalue weighted by molar-refractivity contribution is 7.16. The van der Waals surface area contributed by atoms with Gasteiger partial charge in [0.25, 0.3) is 5.91 Å². The number of fused-ring (bicyclic) bond motifs is 1. The number of esters is 1. The van der Waals surface area contributed by atoms with E-state index in [4.69, 9.17) is 9.47 Å². The third kappa shape index (κ3) is 4.28. The second kappa shape index (κ2) is 8.79. The number of hydrogen-bond acceptors (Lipinski definition) is 5. The molecule has 0 aliphatic rings. The highest BCUT2D eigenvalue weighted by atomic mass is 32.1. The van der Waals surface area contributed by atoms with Gasteiger partial charge in [-0.1, -0.05) is 23.5 Å². The number of carbonyl (C=O) groups excluding carboxylic acids is 2. The van der Waals surface area contributed by atoms with E-state index < -0.39 is 17.7 Å². The van der Waals surface area contributed by atoms with Crippen LogP contribution in [0.1, 0.15) is 24.2 Å². The van der Waals surface area contributed by atoms with Crippen molar-refractivity contribution >= 4 is 33.4 Å². The first-order valence-electron chi connectivity index (χ1n) is 8.78. The molecule has 0 bridgehead atoms. The number of amides is 1. The predicted molar refractivity (Wildman–Crippen MR) is 104 cm³/mol. The Bertz CT molecular complexity index is 1090. The first kappa shape index (κ1) is 19.8. The van der Waals surface area contributed by atoms with Crippen molar-refractivity contribution in [1.29, 1.82) is 0 Å². The number of benzene rings is 2. The van der Waals surface area contributed by atoms with Crippen LogP contribution in [0.3, 0.4) is 0 Å². The summed E-state index contributed by atoms with van der Waals surface area (Å²) in [5.74, 6) is -0.941. The Kier molecular flexibility index (Phi) is 6.20. The fraction of sp³-hybridized carbons (Fsp3) is 0.250. The van der Waals surface area contributed by atoms with E-state index in [2.05, 4.69) is 4.99 Å². The van der Waals surface area contributed by atoms with E-state index in [1.807, 2.05) is 6.92 Å². The summed E-state index contributed by atoms with van der Waals surface area (Å²) < 4.78 is 26.2. The van der Waals surface area contributed by atoms with Gasteiger partial charge in [-0.25, -0.2) is 4.39 Å². The third-order valence-corrected chi connectivity index (χ3v) is 4.89. The smallest absolute Gasteiger partial charge is 0.326 e. The van der Waals surface area contributed by atoms with Crippen molar-refractivity contribution in [3.8, 4) is 5.75 Å². The third-order valence-electron chi connectivity index (χ3n) is 3.85. The molecule has 0 aliphatic heterocycles. The Morgan fingerprint density at radius 2 is 1.93 bits per heavy atom. The molecule has 1 aromatic heterocycles. The Morgan fingerprint density at radius 1 is 1.14 bits per heavy atom. The average Bonchev–Trinajstić information content (AvgIpc) is 2.98. The number of aromatic nitrogens is 1. The van der Waals surface area contributed by atoms with Crippen molar-refractivity contribution < 1.29 is 23.5 Å². The van der Waals surface area contributed by atoms with Gasteiger partial charge in [0.1, 0.15) is 18.1 Å². The molecule has 0 saturated carbocycles. The normalized spacial score (nSPS) is 11.6. The molecule has 0 atom stereocenters. The lowest BCUT2D eigenvalue weighted by atomic mass is 10.2. The van der Waals surface area contributed by atoms with Crippen LogP contribution in [0.25, 0.3) is 10.2 Å². The van der Waals surface area contributed by atoms with Gasteiger partial charge in [-0.2, -0.15) is 4.99 Å². The molecular weight excluding hydrogens is 383 g/mol.